The Morgan fingerprint density at radius 3 is 2.44 bits per heavy atom. The number of methoxy groups -OCH3 is 2. The van der Waals surface area contributed by atoms with Gasteiger partial charge in [-0.05, 0) is 31.5 Å². The van der Waals surface area contributed by atoms with E-state index >= 15 is 0 Å². The molecular weight excluding hydrogens is 234 g/mol. The number of nitrogens with two attached hydrogens (primary N) is 1. The summed E-state index contributed by atoms with van der Waals surface area (Å²) < 4.78 is 9.68. The summed E-state index contributed by atoms with van der Waals surface area (Å²) in [4.78, 5) is 11.7. The number of aromatic hydroxyl groups is 1. The lowest BCUT2D eigenvalue weighted by atomic mass is 9.81. The van der Waals surface area contributed by atoms with E-state index in [1.807, 2.05) is 0 Å². The fourth-order valence-corrected chi connectivity index (χ4v) is 1.71. The minimum Gasteiger partial charge on any atom is -0.504 e. The Morgan fingerprint density at radius 2 is 2.00 bits per heavy atom. The molecule has 1 aromatic carbocycles. The van der Waals surface area contributed by atoms with Crippen LogP contribution in [0, 0.1) is 5.41 Å². The van der Waals surface area contributed by atoms with Crippen molar-refractivity contribution in [2.24, 2.45) is 11.1 Å². The first-order chi connectivity index (χ1) is 8.34. The van der Waals surface area contributed by atoms with Gasteiger partial charge >= 0.3 is 5.97 Å². The molecule has 0 saturated heterocycles. The summed E-state index contributed by atoms with van der Waals surface area (Å²) in [5.74, 6) is -0.0433. The van der Waals surface area contributed by atoms with E-state index in [2.05, 4.69) is 0 Å². The fourth-order valence-electron chi connectivity index (χ4n) is 1.71. The van der Waals surface area contributed by atoms with E-state index in [-0.39, 0.29) is 5.75 Å². The number of esters is 1. The van der Waals surface area contributed by atoms with Crippen LogP contribution < -0.4 is 10.5 Å². The SMILES string of the molecule is COC(=O)C(C)(C)[C@H](N)c1ccc(OC)c(O)c1. The largest absolute Gasteiger partial charge is 0.504 e. The zero-order chi connectivity index (χ0) is 13.9. The summed E-state index contributed by atoms with van der Waals surface area (Å²) in [5, 5.41) is 9.71. The van der Waals surface area contributed by atoms with Crippen LogP contribution in [-0.2, 0) is 9.53 Å². The van der Waals surface area contributed by atoms with E-state index in [0.717, 1.165) is 0 Å². The van der Waals surface area contributed by atoms with Gasteiger partial charge in [0.05, 0.1) is 19.6 Å². The molecule has 3 N–H and O–H groups in total. The van der Waals surface area contributed by atoms with Crippen molar-refractivity contribution in [3.05, 3.63) is 23.8 Å². The van der Waals surface area contributed by atoms with E-state index in [9.17, 15) is 9.90 Å². The highest BCUT2D eigenvalue weighted by molar-refractivity contribution is 5.77. The van der Waals surface area contributed by atoms with Gasteiger partial charge in [0.15, 0.2) is 11.5 Å². The van der Waals surface area contributed by atoms with Crippen LogP contribution in [-0.4, -0.2) is 25.3 Å². The van der Waals surface area contributed by atoms with E-state index in [1.165, 1.54) is 20.3 Å². The molecule has 0 saturated carbocycles. The second-order valence-corrected chi connectivity index (χ2v) is 4.62. The Morgan fingerprint density at radius 1 is 1.39 bits per heavy atom. The maximum atomic E-state index is 11.7. The maximum Gasteiger partial charge on any atom is 0.313 e. The normalized spacial score (nSPS) is 12.9. The third-order valence-electron chi connectivity index (χ3n) is 3.05. The van der Waals surface area contributed by atoms with Gasteiger partial charge < -0.3 is 20.3 Å². The first-order valence-corrected chi connectivity index (χ1v) is 5.55. The van der Waals surface area contributed by atoms with Gasteiger partial charge in [-0.15, -0.1) is 0 Å². The van der Waals surface area contributed by atoms with Crippen LogP contribution in [0.4, 0.5) is 0 Å². The van der Waals surface area contributed by atoms with Gasteiger partial charge in [-0.1, -0.05) is 6.07 Å². The second-order valence-electron chi connectivity index (χ2n) is 4.62. The summed E-state index contributed by atoms with van der Waals surface area (Å²) in [5.41, 5.74) is 5.82. The van der Waals surface area contributed by atoms with E-state index in [4.69, 9.17) is 15.2 Å². The molecule has 1 atom stereocenters. The summed E-state index contributed by atoms with van der Waals surface area (Å²) in [6.45, 7) is 3.40. The van der Waals surface area contributed by atoms with Crippen molar-refractivity contribution in [3.63, 3.8) is 0 Å². The Bertz CT molecular complexity index is 443. The molecule has 1 rings (SSSR count). The lowest BCUT2D eigenvalue weighted by Gasteiger charge is -2.29. The zero-order valence-corrected chi connectivity index (χ0v) is 11.1. The number of carbonyl (C=O) groups excluding carboxylic acids is 1. The molecule has 0 unspecified atom stereocenters. The van der Waals surface area contributed by atoms with Gasteiger partial charge in [0.1, 0.15) is 0 Å². The molecule has 1 aromatic rings. The van der Waals surface area contributed by atoms with Gasteiger partial charge in [0, 0.05) is 6.04 Å². The Hall–Kier alpha value is -1.75. The van der Waals surface area contributed by atoms with Crippen LogP contribution in [0.3, 0.4) is 0 Å². The van der Waals surface area contributed by atoms with Crippen molar-refractivity contribution in [2.45, 2.75) is 19.9 Å². The van der Waals surface area contributed by atoms with Crippen molar-refractivity contribution < 1.29 is 19.4 Å². The first kappa shape index (κ1) is 14.3. The number of rotatable bonds is 4. The van der Waals surface area contributed by atoms with Crippen LogP contribution in [0.2, 0.25) is 0 Å². The lowest BCUT2D eigenvalue weighted by Crippen LogP contribution is -2.37. The Balaban J connectivity index is 3.07. The standard InChI is InChI=1S/C13H19NO4/c1-13(2,12(16)18-4)11(14)8-5-6-10(17-3)9(15)7-8/h5-7,11,15H,14H2,1-4H3/t11-/m1/s1. The van der Waals surface area contributed by atoms with Gasteiger partial charge in [-0.3, -0.25) is 4.79 Å². The summed E-state index contributed by atoms with van der Waals surface area (Å²) in [6.07, 6.45) is 0. The molecule has 5 nitrogen and oxygen atoms in total. The molecule has 0 aliphatic rings. The first-order valence-electron chi connectivity index (χ1n) is 5.55. The summed E-state index contributed by atoms with van der Waals surface area (Å²) >= 11 is 0. The smallest absolute Gasteiger partial charge is 0.313 e. The highest BCUT2D eigenvalue weighted by Crippen LogP contribution is 2.36. The topological polar surface area (TPSA) is 81.8 Å². The number of ether oxygens (including phenoxy) is 2. The predicted octanol–water partition coefficient (Wildman–Crippen LogP) is 1.60. The number of phenolic OH excluding ortho intramolecular Hbond substituents is 1. The summed E-state index contributed by atoms with van der Waals surface area (Å²) in [6, 6.07) is 4.24. The molecular formula is C13H19NO4. The number of carbonyl (C=O) groups is 1. The van der Waals surface area contributed by atoms with Crippen LogP contribution in [0.5, 0.6) is 11.5 Å². The second kappa shape index (κ2) is 5.27. The predicted molar refractivity (Wildman–Crippen MR) is 67.4 cm³/mol. The fraction of sp³-hybridized carbons (Fsp3) is 0.462. The molecule has 0 fully saturated rings. The molecule has 0 aromatic heterocycles. The van der Waals surface area contributed by atoms with Crippen molar-refractivity contribution in [1.29, 1.82) is 0 Å². The van der Waals surface area contributed by atoms with Crippen LogP contribution in [0.15, 0.2) is 18.2 Å². The molecule has 0 aliphatic heterocycles. The van der Waals surface area contributed by atoms with Crippen molar-refractivity contribution >= 4 is 5.97 Å². The number of benzene rings is 1. The molecule has 0 radical (unpaired) electrons. The molecule has 18 heavy (non-hydrogen) atoms. The quantitative estimate of drug-likeness (QED) is 0.796. The molecule has 0 spiro atoms. The highest BCUT2D eigenvalue weighted by Gasteiger charge is 2.36. The van der Waals surface area contributed by atoms with Gasteiger partial charge in [0.2, 0.25) is 0 Å². The number of hydrogen-bond acceptors (Lipinski definition) is 5. The molecule has 0 bridgehead atoms. The third-order valence-corrected chi connectivity index (χ3v) is 3.05. The highest BCUT2D eigenvalue weighted by atomic mass is 16.5. The molecule has 0 aliphatic carbocycles. The minimum absolute atomic E-state index is 0.00823. The monoisotopic (exact) mass is 253 g/mol. The third kappa shape index (κ3) is 2.56. The van der Waals surface area contributed by atoms with E-state index in [0.29, 0.717) is 11.3 Å². The van der Waals surface area contributed by atoms with E-state index in [1.54, 1.807) is 26.0 Å². The van der Waals surface area contributed by atoms with Crippen molar-refractivity contribution in [1.82, 2.24) is 0 Å². The van der Waals surface area contributed by atoms with Gasteiger partial charge in [0.25, 0.3) is 0 Å². The minimum atomic E-state index is -0.879. The van der Waals surface area contributed by atoms with Crippen LogP contribution >= 0.6 is 0 Å². The number of phenols is 1. The molecule has 0 amide bonds. The molecule has 100 valence electrons. The van der Waals surface area contributed by atoms with Gasteiger partial charge in [-0.2, -0.15) is 0 Å². The van der Waals surface area contributed by atoms with Crippen LogP contribution in [0.1, 0.15) is 25.5 Å². The van der Waals surface area contributed by atoms with E-state index < -0.39 is 17.4 Å². The van der Waals surface area contributed by atoms with Crippen LogP contribution in [0.25, 0.3) is 0 Å². The number of hydrogen-bond donors (Lipinski definition) is 2. The summed E-state index contributed by atoms with van der Waals surface area (Å²) in [7, 11) is 2.79. The van der Waals surface area contributed by atoms with Gasteiger partial charge in [-0.25, -0.2) is 0 Å². The van der Waals surface area contributed by atoms with Crippen molar-refractivity contribution in [2.75, 3.05) is 14.2 Å². The maximum absolute atomic E-state index is 11.7. The lowest BCUT2D eigenvalue weighted by molar-refractivity contribution is -0.152. The average molecular weight is 253 g/mol. The average Bonchev–Trinajstić information content (AvgIpc) is 2.36. The molecule has 0 heterocycles. The Labute approximate surface area is 107 Å². The Kier molecular flexibility index (Phi) is 4.19. The molecule has 5 heteroatoms. The zero-order valence-electron chi connectivity index (χ0n) is 11.1. The van der Waals surface area contributed by atoms with Crippen molar-refractivity contribution in [3.8, 4) is 11.5 Å².